The Balaban J connectivity index is 2.18. The third-order valence-corrected chi connectivity index (χ3v) is 3.30. The zero-order chi connectivity index (χ0) is 9.97. The number of thiophene rings is 1. The molecule has 0 aliphatic carbocycles. The maximum absolute atomic E-state index is 5.92. The molecule has 0 radical (unpaired) electrons. The van der Waals surface area contributed by atoms with Gasteiger partial charge >= 0.3 is 0 Å². The summed E-state index contributed by atoms with van der Waals surface area (Å²) < 4.78 is 0. The van der Waals surface area contributed by atoms with Crippen molar-refractivity contribution < 1.29 is 0 Å². The first kappa shape index (κ1) is 9.75. The Hall–Kier alpha value is -0.790. The molecule has 0 aliphatic heterocycles. The van der Waals surface area contributed by atoms with Crippen LogP contribution in [0.3, 0.4) is 0 Å². The van der Waals surface area contributed by atoms with Gasteiger partial charge in [0, 0.05) is 21.2 Å². The molecular formula is C12H11ClS. The van der Waals surface area contributed by atoms with Crippen LogP contribution in [-0.2, 0) is 6.42 Å². The van der Waals surface area contributed by atoms with Crippen molar-refractivity contribution in [3.63, 3.8) is 0 Å². The summed E-state index contributed by atoms with van der Waals surface area (Å²) in [4.78, 5) is 2.76. The van der Waals surface area contributed by atoms with Crippen LogP contribution in [0.2, 0.25) is 5.02 Å². The molecule has 0 atom stereocenters. The number of aryl methyl sites for hydroxylation is 1. The predicted octanol–water partition coefficient (Wildman–Crippen LogP) is 4.30. The van der Waals surface area contributed by atoms with Gasteiger partial charge in [-0.25, -0.2) is 0 Å². The van der Waals surface area contributed by atoms with Crippen LogP contribution in [0.1, 0.15) is 15.3 Å². The standard InChI is InChI=1S/C12H11ClS/c1-9-5-6-12(14-9)8-10-3-2-4-11(13)7-10/h2-7H,8H2,1H3. The van der Waals surface area contributed by atoms with Crippen LogP contribution >= 0.6 is 22.9 Å². The molecule has 0 unspecified atom stereocenters. The first-order chi connectivity index (χ1) is 6.74. The quantitative estimate of drug-likeness (QED) is 0.711. The lowest BCUT2D eigenvalue weighted by atomic mass is 10.1. The Morgan fingerprint density at radius 3 is 2.71 bits per heavy atom. The number of hydrogen-bond donors (Lipinski definition) is 0. The largest absolute Gasteiger partial charge is 0.145 e. The molecule has 0 nitrogen and oxygen atoms in total. The van der Waals surface area contributed by atoms with Gasteiger partial charge in [-0.1, -0.05) is 23.7 Å². The minimum atomic E-state index is 0.816. The van der Waals surface area contributed by atoms with E-state index in [-0.39, 0.29) is 0 Å². The lowest BCUT2D eigenvalue weighted by molar-refractivity contribution is 1.24. The van der Waals surface area contributed by atoms with E-state index in [9.17, 15) is 0 Å². The summed E-state index contributed by atoms with van der Waals surface area (Å²) in [6, 6.07) is 12.4. The van der Waals surface area contributed by atoms with Crippen molar-refractivity contribution in [1.29, 1.82) is 0 Å². The number of rotatable bonds is 2. The van der Waals surface area contributed by atoms with Crippen molar-refractivity contribution in [2.45, 2.75) is 13.3 Å². The molecule has 0 aliphatic rings. The van der Waals surface area contributed by atoms with Gasteiger partial charge in [-0.3, -0.25) is 0 Å². The molecule has 1 aromatic carbocycles. The van der Waals surface area contributed by atoms with E-state index in [2.05, 4.69) is 25.1 Å². The highest BCUT2D eigenvalue weighted by molar-refractivity contribution is 7.11. The lowest BCUT2D eigenvalue weighted by Crippen LogP contribution is -1.83. The second-order valence-electron chi connectivity index (χ2n) is 3.32. The Bertz CT molecular complexity index is 431. The van der Waals surface area contributed by atoms with E-state index in [0.717, 1.165) is 11.4 Å². The fraction of sp³-hybridized carbons (Fsp3) is 0.167. The molecule has 0 bridgehead atoms. The summed E-state index contributed by atoms with van der Waals surface area (Å²) in [5.74, 6) is 0. The molecule has 2 heteroatoms. The van der Waals surface area contributed by atoms with Gasteiger partial charge < -0.3 is 0 Å². The maximum atomic E-state index is 5.92. The summed E-state index contributed by atoms with van der Waals surface area (Å²) in [7, 11) is 0. The molecule has 0 amide bonds. The summed E-state index contributed by atoms with van der Waals surface area (Å²) >= 11 is 7.77. The summed E-state index contributed by atoms with van der Waals surface area (Å²) in [5.41, 5.74) is 1.28. The highest BCUT2D eigenvalue weighted by Gasteiger charge is 1.99. The molecule has 2 rings (SSSR count). The van der Waals surface area contributed by atoms with Crippen LogP contribution in [0.25, 0.3) is 0 Å². The highest BCUT2D eigenvalue weighted by Crippen LogP contribution is 2.20. The van der Waals surface area contributed by atoms with Gasteiger partial charge in [-0.05, 0) is 36.8 Å². The average molecular weight is 223 g/mol. The molecule has 0 N–H and O–H groups in total. The molecule has 2 aromatic rings. The molecule has 0 spiro atoms. The topological polar surface area (TPSA) is 0 Å². The molecule has 1 aromatic heterocycles. The first-order valence-electron chi connectivity index (χ1n) is 4.54. The molecule has 14 heavy (non-hydrogen) atoms. The van der Waals surface area contributed by atoms with E-state index in [0.29, 0.717) is 0 Å². The molecule has 72 valence electrons. The Morgan fingerprint density at radius 1 is 1.21 bits per heavy atom. The van der Waals surface area contributed by atoms with Crippen molar-refractivity contribution in [2.24, 2.45) is 0 Å². The van der Waals surface area contributed by atoms with E-state index in [1.165, 1.54) is 15.3 Å². The number of benzene rings is 1. The fourth-order valence-electron chi connectivity index (χ4n) is 1.43. The van der Waals surface area contributed by atoms with Crippen LogP contribution in [0.4, 0.5) is 0 Å². The van der Waals surface area contributed by atoms with Crippen LogP contribution in [-0.4, -0.2) is 0 Å². The van der Waals surface area contributed by atoms with Crippen molar-refractivity contribution in [3.05, 3.63) is 56.7 Å². The Labute approximate surface area is 93.2 Å². The first-order valence-corrected chi connectivity index (χ1v) is 5.73. The SMILES string of the molecule is Cc1ccc(Cc2cccc(Cl)c2)s1. The fourth-order valence-corrected chi connectivity index (χ4v) is 2.57. The van der Waals surface area contributed by atoms with Gasteiger partial charge in [0.05, 0.1) is 0 Å². The van der Waals surface area contributed by atoms with Crippen molar-refractivity contribution >= 4 is 22.9 Å². The van der Waals surface area contributed by atoms with Crippen molar-refractivity contribution in [3.8, 4) is 0 Å². The average Bonchev–Trinajstić information content (AvgIpc) is 2.51. The van der Waals surface area contributed by atoms with Gasteiger partial charge in [0.1, 0.15) is 0 Å². The van der Waals surface area contributed by atoms with E-state index < -0.39 is 0 Å². The van der Waals surface area contributed by atoms with Gasteiger partial charge in [0.25, 0.3) is 0 Å². The van der Waals surface area contributed by atoms with Crippen molar-refractivity contribution in [1.82, 2.24) is 0 Å². The summed E-state index contributed by atoms with van der Waals surface area (Å²) in [6.45, 7) is 2.13. The predicted molar refractivity (Wildman–Crippen MR) is 63.3 cm³/mol. The molecule has 0 saturated carbocycles. The normalized spacial score (nSPS) is 10.4. The van der Waals surface area contributed by atoms with Gasteiger partial charge in [0.2, 0.25) is 0 Å². The van der Waals surface area contributed by atoms with Gasteiger partial charge in [-0.15, -0.1) is 11.3 Å². The van der Waals surface area contributed by atoms with E-state index in [4.69, 9.17) is 11.6 Å². The zero-order valence-corrected chi connectivity index (χ0v) is 9.53. The second-order valence-corrected chi connectivity index (χ2v) is 5.13. The van der Waals surface area contributed by atoms with Crippen LogP contribution in [0.15, 0.2) is 36.4 Å². The molecular weight excluding hydrogens is 212 g/mol. The number of hydrogen-bond acceptors (Lipinski definition) is 1. The third kappa shape index (κ3) is 2.37. The monoisotopic (exact) mass is 222 g/mol. The van der Waals surface area contributed by atoms with Gasteiger partial charge in [0.15, 0.2) is 0 Å². The van der Waals surface area contributed by atoms with Gasteiger partial charge in [-0.2, -0.15) is 0 Å². The van der Waals surface area contributed by atoms with E-state index in [1.54, 1.807) is 0 Å². The lowest BCUT2D eigenvalue weighted by Gasteiger charge is -1.98. The zero-order valence-electron chi connectivity index (χ0n) is 7.96. The Kier molecular flexibility index (Phi) is 2.90. The third-order valence-electron chi connectivity index (χ3n) is 2.06. The van der Waals surface area contributed by atoms with Crippen LogP contribution in [0.5, 0.6) is 0 Å². The number of halogens is 1. The second kappa shape index (κ2) is 4.16. The van der Waals surface area contributed by atoms with Crippen LogP contribution < -0.4 is 0 Å². The highest BCUT2D eigenvalue weighted by atomic mass is 35.5. The minimum Gasteiger partial charge on any atom is -0.145 e. The minimum absolute atomic E-state index is 0.816. The van der Waals surface area contributed by atoms with E-state index >= 15 is 0 Å². The maximum Gasteiger partial charge on any atom is 0.0408 e. The summed E-state index contributed by atoms with van der Waals surface area (Å²) in [5, 5.41) is 0.816. The molecule has 1 heterocycles. The molecule has 0 saturated heterocycles. The van der Waals surface area contributed by atoms with Crippen LogP contribution in [0, 0.1) is 6.92 Å². The van der Waals surface area contributed by atoms with E-state index in [1.807, 2.05) is 29.5 Å². The summed E-state index contributed by atoms with van der Waals surface area (Å²) in [6.07, 6.45) is 0.985. The Morgan fingerprint density at radius 2 is 2.07 bits per heavy atom. The smallest absolute Gasteiger partial charge is 0.0408 e. The van der Waals surface area contributed by atoms with Crippen molar-refractivity contribution in [2.75, 3.05) is 0 Å². The molecule has 0 fully saturated rings.